The minimum Gasteiger partial charge on any atom is -0.474 e. The molecule has 0 aliphatic carbocycles. The topological polar surface area (TPSA) is 67.5 Å². The zero-order valence-electron chi connectivity index (χ0n) is 13.8. The number of anilines is 2. The van der Waals surface area contributed by atoms with Gasteiger partial charge >= 0.3 is 0 Å². The first-order valence-electron chi connectivity index (χ1n) is 7.64. The molecule has 0 spiro atoms. The van der Waals surface area contributed by atoms with E-state index in [1.807, 2.05) is 37.2 Å². The summed E-state index contributed by atoms with van der Waals surface area (Å²) in [6.07, 6.45) is 0. The van der Waals surface area contributed by atoms with Gasteiger partial charge in [0.15, 0.2) is 5.82 Å². The van der Waals surface area contributed by atoms with Crippen LogP contribution < -0.4 is 15.4 Å². The SMILES string of the molecule is CCN(CC)CCOc1nc2ccc(N)cc2nc1N(C)C. The van der Waals surface area contributed by atoms with Crippen LogP contribution in [0.15, 0.2) is 18.2 Å². The Morgan fingerprint density at radius 1 is 1.09 bits per heavy atom. The average molecular weight is 303 g/mol. The summed E-state index contributed by atoms with van der Waals surface area (Å²) in [6, 6.07) is 5.52. The highest BCUT2D eigenvalue weighted by molar-refractivity contribution is 5.80. The van der Waals surface area contributed by atoms with E-state index in [1.54, 1.807) is 0 Å². The van der Waals surface area contributed by atoms with Crippen molar-refractivity contribution in [3.8, 4) is 5.88 Å². The van der Waals surface area contributed by atoms with Gasteiger partial charge < -0.3 is 20.3 Å². The standard InChI is InChI=1S/C16H25N5O/c1-5-21(6-2)9-10-22-16-15(20(3)4)18-14-11-12(17)7-8-13(14)19-16/h7-8,11H,5-6,9-10,17H2,1-4H3. The van der Waals surface area contributed by atoms with Crippen LogP contribution in [0.4, 0.5) is 11.5 Å². The first kappa shape index (κ1) is 16.3. The third kappa shape index (κ3) is 3.76. The van der Waals surface area contributed by atoms with Crippen molar-refractivity contribution >= 4 is 22.5 Å². The van der Waals surface area contributed by atoms with Crippen LogP contribution in [-0.2, 0) is 0 Å². The number of nitrogens with zero attached hydrogens (tertiary/aromatic N) is 4. The summed E-state index contributed by atoms with van der Waals surface area (Å²) < 4.78 is 5.88. The quantitative estimate of drug-likeness (QED) is 0.789. The van der Waals surface area contributed by atoms with E-state index in [0.717, 1.165) is 36.5 Å². The highest BCUT2D eigenvalue weighted by Crippen LogP contribution is 2.26. The molecule has 6 nitrogen and oxygen atoms in total. The van der Waals surface area contributed by atoms with Gasteiger partial charge in [0, 0.05) is 26.3 Å². The molecule has 0 saturated heterocycles. The number of aromatic nitrogens is 2. The van der Waals surface area contributed by atoms with Gasteiger partial charge in [0.05, 0.1) is 11.0 Å². The molecule has 0 bridgehead atoms. The summed E-state index contributed by atoms with van der Waals surface area (Å²) in [5.74, 6) is 1.28. The van der Waals surface area contributed by atoms with Crippen LogP contribution in [0.3, 0.4) is 0 Å². The molecule has 2 N–H and O–H groups in total. The molecule has 0 radical (unpaired) electrons. The van der Waals surface area contributed by atoms with Crippen molar-refractivity contribution in [2.75, 3.05) is 51.0 Å². The van der Waals surface area contributed by atoms with E-state index in [4.69, 9.17) is 10.5 Å². The van der Waals surface area contributed by atoms with Gasteiger partial charge in [-0.1, -0.05) is 13.8 Å². The number of hydrogen-bond donors (Lipinski definition) is 1. The molecule has 2 aromatic rings. The van der Waals surface area contributed by atoms with Crippen LogP contribution in [0.1, 0.15) is 13.8 Å². The number of benzene rings is 1. The highest BCUT2D eigenvalue weighted by atomic mass is 16.5. The molecular weight excluding hydrogens is 278 g/mol. The minimum atomic E-state index is 0.564. The zero-order valence-corrected chi connectivity index (χ0v) is 13.8. The smallest absolute Gasteiger partial charge is 0.258 e. The van der Waals surface area contributed by atoms with E-state index >= 15 is 0 Å². The Morgan fingerprint density at radius 3 is 2.45 bits per heavy atom. The van der Waals surface area contributed by atoms with E-state index < -0.39 is 0 Å². The van der Waals surface area contributed by atoms with Gasteiger partial charge in [-0.25, -0.2) is 9.97 Å². The summed E-state index contributed by atoms with van der Waals surface area (Å²) in [6.45, 7) is 7.80. The van der Waals surface area contributed by atoms with Gasteiger partial charge in [-0.05, 0) is 31.3 Å². The Kier molecular flexibility index (Phi) is 5.38. The minimum absolute atomic E-state index is 0.564. The second kappa shape index (κ2) is 7.26. The molecule has 22 heavy (non-hydrogen) atoms. The summed E-state index contributed by atoms with van der Waals surface area (Å²) in [7, 11) is 3.86. The number of fused-ring (bicyclic) bond motifs is 1. The summed E-state index contributed by atoms with van der Waals surface area (Å²) >= 11 is 0. The largest absolute Gasteiger partial charge is 0.474 e. The fourth-order valence-electron chi connectivity index (χ4n) is 2.25. The van der Waals surface area contributed by atoms with E-state index in [9.17, 15) is 0 Å². The van der Waals surface area contributed by atoms with Crippen molar-refractivity contribution in [2.24, 2.45) is 0 Å². The van der Waals surface area contributed by atoms with E-state index in [-0.39, 0.29) is 0 Å². The van der Waals surface area contributed by atoms with Gasteiger partial charge in [0.25, 0.3) is 5.88 Å². The Morgan fingerprint density at radius 2 is 1.82 bits per heavy atom. The van der Waals surface area contributed by atoms with Crippen LogP contribution in [0.5, 0.6) is 5.88 Å². The van der Waals surface area contributed by atoms with Crippen molar-refractivity contribution in [3.63, 3.8) is 0 Å². The number of likely N-dealkylation sites (N-methyl/N-ethyl adjacent to an activating group) is 1. The van der Waals surface area contributed by atoms with Crippen molar-refractivity contribution < 1.29 is 4.74 Å². The summed E-state index contributed by atoms with van der Waals surface area (Å²) in [5, 5.41) is 0. The molecule has 0 atom stereocenters. The van der Waals surface area contributed by atoms with E-state index in [0.29, 0.717) is 18.2 Å². The molecule has 6 heteroatoms. The lowest BCUT2D eigenvalue weighted by Crippen LogP contribution is -2.28. The molecule has 1 aromatic carbocycles. The zero-order chi connectivity index (χ0) is 16.1. The van der Waals surface area contributed by atoms with Crippen LogP contribution in [-0.4, -0.2) is 55.2 Å². The van der Waals surface area contributed by atoms with Crippen LogP contribution in [0, 0.1) is 0 Å². The van der Waals surface area contributed by atoms with Crippen molar-refractivity contribution in [1.82, 2.24) is 14.9 Å². The van der Waals surface area contributed by atoms with E-state index in [2.05, 4.69) is 28.7 Å². The fourth-order valence-corrected chi connectivity index (χ4v) is 2.25. The van der Waals surface area contributed by atoms with Crippen molar-refractivity contribution in [1.29, 1.82) is 0 Å². The van der Waals surface area contributed by atoms with Gasteiger partial charge in [-0.2, -0.15) is 0 Å². The molecule has 0 aliphatic rings. The fraction of sp³-hybridized carbons (Fsp3) is 0.500. The predicted molar refractivity (Wildman–Crippen MR) is 91.6 cm³/mol. The third-order valence-corrected chi connectivity index (χ3v) is 3.60. The Hall–Kier alpha value is -2.08. The molecular formula is C16H25N5O. The molecule has 0 saturated carbocycles. The van der Waals surface area contributed by atoms with E-state index in [1.165, 1.54) is 0 Å². The predicted octanol–water partition coefficient (Wildman–Crippen LogP) is 2.00. The molecule has 1 aromatic heterocycles. The monoisotopic (exact) mass is 303 g/mol. The number of rotatable bonds is 7. The average Bonchev–Trinajstić information content (AvgIpc) is 2.50. The summed E-state index contributed by atoms with van der Waals surface area (Å²) in [4.78, 5) is 13.4. The second-order valence-corrected chi connectivity index (χ2v) is 5.37. The third-order valence-electron chi connectivity index (χ3n) is 3.60. The lowest BCUT2D eigenvalue weighted by atomic mass is 10.2. The molecule has 0 aliphatic heterocycles. The van der Waals surface area contributed by atoms with Crippen molar-refractivity contribution in [2.45, 2.75) is 13.8 Å². The summed E-state index contributed by atoms with van der Waals surface area (Å²) in [5.41, 5.74) is 8.06. The van der Waals surface area contributed by atoms with Crippen LogP contribution in [0.25, 0.3) is 11.0 Å². The maximum Gasteiger partial charge on any atom is 0.258 e. The first-order valence-corrected chi connectivity index (χ1v) is 7.64. The Bertz CT molecular complexity index is 625. The Labute approximate surface area is 131 Å². The molecule has 0 unspecified atom stereocenters. The van der Waals surface area contributed by atoms with Gasteiger partial charge in [0.1, 0.15) is 6.61 Å². The lowest BCUT2D eigenvalue weighted by Gasteiger charge is -2.20. The first-order chi connectivity index (χ1) is 10.5. The Balaban J connectivity index is 2.23. The molecule has 0 fully saturated rings. The van der Waals surface area contributed by atoms with Crippen molar-refractivity contribution in [3.05, 3.63) is 18.2 Å². The van der Waals surface area contributed by atoms with Gasteiger partial charge in [0.2, 0.25) is 0 Å². The number of ether oxygens (including phenoxy) is 1. The molecule has 0 amide bonds. The van der Waals surface area contributed by atoms with Crippen LogP contribution in [0.2, 0.25) is 0 Å². The normalized spacial score (nSPS) is 11.1. The maximum absolute atomic E-state index is 5.88. The number of hydrogen-bond acceptors (Lipinski definition) is 6. The lowest BCUT2D eigenvalue weighted by molar-refractivity contribution is 0.218. The number of nitrogen functional groups attached to an aromatic ring is 1. The van der Waals surface area contributed by atoms with Gasteiger partial charge in [-0.15, -0.1) is 0 Å². The molecule has 1 heterocycles. The maximum atomic E-state index is 5.88. The second-order valence-electron chi connectivity index (χ2n) is 5.37. The van der Waals surface area contributed by atoms with Crippen LogP contribution >= 0.6 is 0 Å². The number of nitrogens with two attached hydrogens (primary N) is 1. The van der Waals surface area contributed by atoms with Gasteiger partial charge in [-0.3, -0.25) is 0 Å². The molecule has 120 valence electrons. The molecule has 2 rings (SSSR count). The highest BCUT2D eigenvalue weighted by Gasteiger charge is 2.13.